The highest BCUT2D eigenvalue weighted by molar-refractivity contribution is 9.10. The molecule has 0 atom stereocenters. The lowest BCUT2D eigenvalue weighted by atomic mass is 10.3. The number of methoxy groups -OCH3 is 1. The number of halogens is 1. The first-order valence-corrected chi connectivity index (χ1v) is 5.57. The van der Waals surface area contributed by atoms with Gasteiger partial charge in [0.25, 0.3) is 0 Å². The van der Waals surface area contributed by atoms with Crippen molar-refractivity contribution in [3.05, 3.63) is 28.4 Å². The Labute approximate surface area is 101 Å². The summed E-state index contributed by atoms with van der Waals surface area (Å²) in [6, 6.07) is 0. The minimum absolute atomic E-state index is 0.259. The van der Waals surface area contributed by atoms with Crippen LogP contribution in [0.1, 0.15) is 23.1 Å². The van der Waals surface area contributed by atoms with Crippen LogP contribution in [0.5, 0.6) is 0 Å². The predicted molar refractivity (Wildman–Crippen MR) is 61.4 cm³/mol. The Morgan fingerprint density at radius 2 is 2.38 bits per heavy atom. The maximum Gasteiger partial charge on any atom is 0.358 e. The van der Waals surface area contributed by atoms with Crippen molar-refractivity contribution in [2.24, 2.45) is 0 Å². The van der Waals surface area contributed by atoms with Crippen LogP contribution >= 0.6 is 15.9 Å². The van der Waals surface area contributed by atoms with Crippen molar-refractivity contribution in [1.82, 2.24) is 14.4 Å². The quantitative estimate of drug-likeness (QED) is 0.790. The summed E-state index contributed by atoms with van der Waals surface area (Å²) in [5, 5.41) is 0. The number of hydrogen-bond donors (Lipinski definition) is 0. The molecule has 0 N–H and O–H groups in total. The summed E-state index contributed by atoms with van der Waals surface area (Å²) in [4.78, 5) is 19.7. The van der Waals surface area contributed by atoms with Crippen LogP contribution in [0.4, 0.5) is 0 Å². The molecule has 2 heterocycles. The van der Waals surface area contributed by atoms with E-state index in [0.29, 0.717) is 10.3 Å². The smallest absolute Gasteiger partial charge is 0.358 e. The molecular formula is C10H10BrN3O2. The fourth-order valence-corrected chi connectivity index (χ4v) is 1.95. The highest BCUT2D eigenvalue weighted by atomic mass is 79.9. The van der Waals surface area contributed by atoms with Crippen molar-refractivity contribution >= 4 is 27.5 Å². The summed E-state index contributed by atoms with van der Waals surface area (Å²) in [5.74, 6) is -0.460. The van der Waals surface area contributed by atoms with Crippen molar-refractivity contribution in [1.29, 1.82) is 0 Å². The van der Waals surface area contributed by atoms with Crippen LogP contribution in [0.25, 0.3) is 5.65 Å². The average molecular weight is 284 g/mol. The number of hydrogen-bond acceptors (Lipinski definition) is 4. The molecule has 0 aliphatic rings. The van der Waals surface area contributed by atoms with Crippen LogP contribution in [-0.2, 0) is 11.2 Å². The van der Waals surface area contributed by atoms with E-state index in [1.165, 1.54) is 7.11 Å². The largest absolute Gasteiger partial charge is 0.464 e. The highest BCUT2D eigenvalue weighted by Gasteiger charge is 2.13. The number of rotatable bonds is 2. The van der Waals surface area contributed by atoms with Crippen LogP contribution in [0.2, 0.25) is 0 Å². The highest BCUT2D eigenvalue weighted by Crippen LogP contribution is 2.17. The van der Waals surface area contributed by atoms with Gasteiger partial charge in [0.05, 0.1) is 7.11 Å². The molecule has 0 unspecified atom stereocenters. The van der Waals surface area contributed by atoms with Gasteiger partial charge >= 0.3 is 5.97 Å². The Morgan fingerprint density at radius 3 is 3.00 bits per heavy atom. The summed E-state index contributed by atoms with van der Waals surface area (Å²) in [7, 11) is 1.33. The van der Waals surface area contributed by atoms with E-state index in [4.69, 9.17) is 0 Å². The molecular weight excluding hydrogens is 274 g/mol. The number of fused-ring (bicyclic) bond motifs is 1. The van der Waals surface area contributed by atoms with E-state index >= 15 is 0 Å². The van der Waals surface area contributed by atoms with Crippen molar-refractivity contribution in [2.75, 3.05) is 7.11 Å². The first kappa shape index (κ1) is 11.1. The minimum Gasteiger partial charge on any atom is -0.464 e. The number of imidazole rings is 1. The summed E-state index contributed by atoms with van der Waals surface area (Å²) < 4.78 is 7.01. The molecule has 2 rings (SSSR count). The van der Waals surface area contributed by atoms with E-state index in [2.05, 4.69) is 30.6 Å². The number of aromatic nitrogens is 3. The standard InChI is InChI=1S/C10H10BrN3O2/c1-3-6-4-12-9-8(11)13-7(5-14(6)9)10(15)16-2/h4-5H,3H2,1-2H3. The Bertz CT molecular complexity index is 550. The molecule has 2 aromatic heterocycles. The van der Waals surface area contributed by atoms with Gasteiger partial charge in [0.1, 0.15) is 4.60 Å². The lowest BCUT2D eigenvalue weighted by Crippen LogP contribution is -2.07. The van der Waals surface area contributed by atoms with Gasteiger partial charge in [-0.1, -0.05) is 6.92 Å². The molecule has 5 nitrogen and oxygen atoms in total. The first-order valence-electron chi connectivity index (χ1n) is 4.78. The Hall–Kier alpha value is -1.43. The second kappa shape index (κ2) is 4.21. The molecule has 0 saturated heterocycles. The second-order valence-electron chi connectivity index (χ2n) is 3.21. The molecule has 0 aliphatic carbocycles. The van der Waals surface area contributed by atoms with Gasteiger partial charge in [0.15, 0.2) is 11.3 Å². The SMILES string of the molecule is CCc1cnc2c(Br)nc(C(=O)OC)cn12. The number of ether oxygens (including phenoxy) is 1. The number of esters is 1. The summed E-state index contributed by atoms with van der Waals surface area (Å²) in [6.07, 6.45) is 4.23. The van der Waals surface area contributed by atoms with Gasteiger partial charge in [-0.25, -0.2) is 14.8 Å². The average Bonchev–Trinajstić information content (AvgIpc) is 2.71. The first-order chi connectivity index (χ1) is 7.67. The maximum absolute atomic E-state index is 11.4. The summed E-state index contributed by atoms with van der Waals surface area (Å²) in [5.41, 5.74) is 1.97. The number of carbonyl (C=O) groups is 1. The fourth-order valence-electron chi connectivity index (χ4n) is 1.46. The van der Waals surface area contributed by atoms with E-state index in [1.54, 1.807) is 12.4 Å². The zero-order valence-corrected chi connectivity index (χ0v) is 10.5. The van der Waals surface area contributed by atoms with Gasteiger partial charge in [0.2, 0.25) is 0 Å². The minimum atomic E-state index is -0.460. The number of aryl methyl sites for hydroxylation is 1. The predicted octanol–water partition coefficient (Wildman–Crippen LogP) is 1.84. The summed E-state index contributed by atoms with van der Waals surface area (Å²) in [6.45, 7) is 2.02. The maximum atomic E-state index is 11.4. The van der Waals surface area contributed by atoms with Crippen molar-refractivity contribution < 1.29 is 9.53 Å². The molecule has 0 radical (unpaired) electrons. The molecule has 0 aromatic carbocycles. The van der Waals surface area contributed by atoms with Gasteiger partial charge < -0.3 is 4.74 Å². The van der Waals surface area contributed by atoms with Crippen LogP contribution in [0.15, 0.2) is 17.0 Å². The lowest BCUT2D eigenvalue weighted by molar-refractivity contribution is 0.0593. The van der Waals surface area contributed by atoms with Gasteiger partial charge in [-0.2, -0.15) is 0 Å². The van der Waals surface area contributed by atoms with E-state index < -0.39 is 5.97 Å². The van der Waals surface area contributed by atoms with Crippen molar-refractivity contribution in [3.8, 4) is 0 Å². The number of carbonyl (C=O) groups excluding carboxylic acids is 1. The van der Waals surface area contributed by atoms with Crippen LogP contribution < -0.4 is 0 Å². The zero-order chi connectivity index (χ0) is 11.7. The fraction of sp³-hybridized carbons (Fsp3) is 0.300. The van der Waals surface area contributed by atoms with Gasteiger partial charge in [0, 0.05) is 18.1 Å². The third-order valence-corrected chi connectivity index (χ3v) is 2.82. The van der Waals surface area contributed by atoms with E-state index in [0.717, 1.165) is 12.1 Å². The van der Waals surface area contributed by atoms with Crippen LogP contribution in [0.3, 0.4) is 0 Å². The van der Waals surface area contributed by atoms with Gasteiger partial charge in [-0.15, -0.1) is 0 Å². The van der Waals surface area contributed by atoms with Crippen molar-refractivity contribution in [2.45, 2.75) is 13.3 Å². The second-order valence-corrected chi connectivity index (χ2v) is 3.96. The molecule has 6 heteroatoms. The van der Waals surface area contributed by atoms with E-state index in [-0.39, 0.29) is 5.69 Å². The van der Waals surface area contributed by atoms with Gasteiger partial charge in [-0.3, -0.25) is 4.40 Å². The Morgan fingerprint density at radius 1 is 1.62 bits per heavy atom. The Balaban J connectivity index is 2.68. The van der Waals surface area contributed by atoms with Gasteiger partial charge in [-0.05, 0) is 22.4 Å². The third-order valence-electron chi connectivity index (χ3n) is 2.28. The van der Waals surface area contributed by atoms with Crippen LogP contribution in [0, 0.1) is 0 Å². The van der Waals surface area contributed by atoms with E-state index in [1.807, 2.05) is 11.3 Å². The zero-order valence-electron chi connectivity index (χ0n) is 8.90. The normalized spacial score (nSPS) is 10.7. The molecule has 0 amide bonds. The molecule has 0 aliphatic heterocycles. The monoisotopic (exact) mass is 283 g/mol. The third kappa shape index (κ3) is 1.69. The summed E-state index contributed by atoms with van der Waals surface area (Å²) >= 11 is 3.29. The Kier molecular flexibility index (Phi) is 2.91. The molecule has 0 fully saturated rings. The molecule has 0 bridgehead atoms. The van der Waals surface area contributed by atoms with Crippen molar-refractivity contribution in [3.63, 3.8) is 0 Å². The molecule has 0 saturated carbocycles. The molecule has 84 valence electrons. The molecule has 2 aromatic rings. The van der Waals surface area contributed by atoms with Crippen LogP contribution in [-0.4, -0.2) is 27.4 Å². The number of nitrogens with zero attached hydrogens (tertiary/aromatic N) is 3. The lowest BCUT2D eigenvalue weighted by Gasteiger charge is -2.03. The molecule has 0 spiro atoms. The molecule has 16 heavy (non-hydrogen) atoms. The van der Waals surface area contributed by atoms with E-state index in [9.17, 15) is 4.79 Å². The topological polar surface area (TPSA) is 56.5 Å².